The number of aromatic nitrogens is 3. The predicted octanol–water partition coefficient (Wildman–Crippen LogP) is 7.42. The number of hydrogen-bond acceptors (Lipinski definition) is 4. The van der Waals surface area contributed by atoms with E-state index in [-0.39, 0.29) is 34.0 Å². The SMILES string of the molecule is CC(C)C=C(C=N)c1cc(-c2ccc(Cn3ncc4cc(C(C)(C)C)cc(F)c4c3=O)c(F)c2)cc(Cl)n1. The summed E-state index contributed by atoms with van der Waals surface area (Å²) in [5, 5.41) is 12.5. The van der Waals surface area contributed by atoms with Crippen LogP contribution in [0.5, 0.6) is 0 Å². The van der Waals surface area contributed by atoms with E-state index in [1.807, 2.05) is 40.7 Å². The highest BCUT2D eigenvalue weighted by atomic mass is 35.5. The number of halogens is 3. The molecule has 2 aromatic heterocycles. The van der Waals surface area contributed by atoms with Gasteiger partial charge < -0.3 is 5.41 Å². The predicted molar refractivity (Wildman–Crippen MR) is 150 cm³/mol. The molecule has 0 radical (unpaired) electrons. The molecule has 2 aromatic carbocycles. The lowest BCUT2D eigenvalue weighted by Crippen LogP contribution is -2.25. The molecule has 2 heterocycles. The van der Waals surface area contributed by atoms with Gasteiger partial charge in [0.15, 0.2) is 0 Å². The van der Waals surface area contributed by atoms with Crippen LogP contribution in [-0.2, 0) is 12.0 Å². The summed E-state index contributed by atoms with van der Waals surface area (Å²) in [6.45, 7) is 9.73. The maximum absolute atomic E-state index is 15.2. The molecule has 0 aliphatic rings. The second kappa shape index (κ2) is 10.6. The van der Waals surface area contributed by atoms with E-state index in [2.05, 4.69) is 10.1 Å². The van der Waals surface area contributed by atoms with Crippen LogP contribution in [0.2, 0.25) is 5.15 Å². The third-order valence-corrected chi connectivity index (χ3v) is 6.43. The molecule has 5 nitrogen and oxygen atoms in total. The van der Waals surface area contributed by atoms with E-state index in [1.165, 1.54) is 24.5 Å². The maximum atomic E-state index is 15.2. The first-order valence-corrected chi connectivity index (χ1v) is 12.6. The lowest BCUT2D eigenvalue weighted by Gasteiger charge is -2.19. The fourth-order valence-corrected chi connectivity index (χ4v) is 4.42. The number of fused-ring (bicyclic) bond motifs is 1. The van der Waals surface area contributed by atoms with Crippen molar-refractivity contribution >= 4 is 34.2 Å². The normalized spacial score (nSPS) is 12.4. The van der Waals surface area contributed by atoms with Crippen molar-refractivity contribution in [1.82, 2.24) is 14.8 Å². The Hall–Kier alpha value is -3.71. The standard InChI is InChI=1S/C30H29ClF2N4O/c1-17(2)8-21(14-34)26-11-20(12-27(31)36-26)18-6-7-19(24(32)10-18)16-37-29(38)28-22(15-35-37)9-23(13-25(28)33)30(3,4)5/h6-15,17,34H,16H2,1-5H3. The van der Waals surface area contributed by atoms with Crippen molar-refractivity contribution in [2.75, 3.05) is 0 Å². The highest BCUT2D eigenvalue weighted by Gasteiger charge is 2.19. The molecular weight excluding hydrogens is 506 g/mol. The van der Waals surface area contributed by atoms with E-state index in [1.54, 1.807) is 30.3 Å². The van der Waals surface area contributed by atoms with Gasteiger partial charge in [0.05, 0.1) is 23.8 Å². The Bertz CT molecular complexity index is 1630. The van der Waals surface area contributed by atoms with Gasteiger partial charge in [-0.2, -0.15) is 5.10 Å². The molecule has 0 atom stereocenters. The minimum atomic E-state index is -0.620. The highest BCUT2D eigenvalue weighted by Crippen LogP contribution is 2.29. The summed E-state index contributed by atoms with van der Waals surface area (Å²) >= 11 is 6.24. The lowest BCUT2D eigenvalue weighted by molar-refractivity contribution is 0.567. The van der Waals surface area contributed by atoms with Crippen molar-refractivity contribution < 1.29 is 8.78 Å². The molecule has 0 spiro atoms. The minimum absolute atomic E-state index is 0.0690. The number of nitrogens with zero attached hydrogens (tertiary/aromatic N) is 3. The minimum Gasteiger partial charge on any atom is -0.308 e. The van der Waals surface area contributed by atoms with E-state index in [4.69, 9.17) is 17.0 Å². The zero-order valence-corrected chi connectivity index (χ0v) is 22.7. The van der Waals surface area contributed by atoms with E-state index in [0.717, 1.165) is 10.2 Å². The summed E-state index contributed by atoms with van der Waals surface area (Å²) in [6.07, 6.45) is 4.56. The maximum Gasteiger partial charge on any atom is 0.277 e. The van der Waals surface area contributed by atoms with E-state index >= 15 is 4.39 Å². The van der Waals surface area contributed by atoms with Crippen LogP contribution in [0.25, 0.3) is 27.5 Å². The summed E-state index contributed by atoms with van der Waals surface area (Å²) in [4.78, 5) is 17.4. The Morgan fingerprint density at radius 1 is 1.08 bits per heavy atom. The molecule has 1 N–H and O–H groups in total. The average molecular weight is 535 g/mol. The van der Waals surface area contributed by atoms with Gasteiger partial charge in [0.25, 0.3) is 5.56 Å². The summed E-state index contributed by atoms with van der Waals surface area (Å²) in [5.74, 6) is -0.960. The number of hydrogen-bond donors (Lipinski definition) is 1. The zero-order chi connectivity index (χ0) is 27.8. The van der Waals surface area contributed by atoms with E-state index in [0.29, 0.717) is 27.8 Å². The smallest absolute Gasteiger partial charge is 0.277 e. The van der Waals surface area contributed by atoms with Crippen LogP contribution in [0.15, 0.2) is 59.5 Å². The van der Waals surface area contributed by atoms with Crippen LogP contribution >= 0.6 is 11.6 Å². The first-order valence-electron chi connectivity index (χ1n) is 12.3. The molecule has 0 amide bonds. The van der Waals surface area contributed by atoms with E-state index < -0.39 is 17.2 Å². The second-order valence-corrected chi connectivity index (χ2v) is 11.0. The van der Waals surface area contributed by atoms with Crippen LogP contribution in [0.3, 0.4) is 0 Å². The first-order chi connectivity index (χ1) is 17.9. The highest BCUT2D eigenvalue weighted by molar-refractivity contribution is 6.29. The number of benzene rings is 2. The van der Waals surface area contributed by atoms with E-state index in [9.17, 15) is 9.18 Å². The van der Waals surface area contributed by atoms with Gasteiger partial charge >= 0.3 is 0 Å². The molecule has 0 bridgehead atoms. The van der Waals surface area contributed by atoms with Gasteiger partial charge in [0.2, 0.25) is 0 Å². The van der Waals surface area contributed by atoms with Gasteiger partial charge in [0, 0.05) is 22.7 Å². The Labute approximate surface area is 225 Å². The number of rotatable bonds is 6. The Morgan fingerprint density at radius 3 is 2.45 bits per heavy atom. The van der Waals surface area contributed by atoms with Gasteiger partial charge in [-0.05, 0) is 58.4 Å². The summed E-state index contributed by atoms with van der Waals surface area (Å²) in [6, 6.07) is 11.1. The molecule has 0 saturated heterocycles. The topological polar surface area (TPSA) is 71.6 Å². The molecule has 4 aromatic rings. The zero-order valence-electron chi connectivity index (χ0n) is 21.9. The monoisotopic (exact) mass is 534 g/mol. The molecule has 0 saturated carbocycles. The molecule has 8 heteroatoms. The molecule has 38 heavy (non-hydrogen) atoms. The number of allylic oxidation sites excluding steroid dienone is 2. The van der Waals surface area contributed by atoms with Crippen molar-refractivity contribution in [1.29, 1.82) is 5.41 Å². The fourth-order valence-electron chi connectivity index (χ4n) is 4.21. The molecule has 0 aliphatic carbocycles. The van der Waals surface area contributed by atoms with Crippen LogP contribution in [0, 0.1) is 23.0 Å². The Balaban J connectivity index is 1.69. The largest absolute Gasteiger partial charge is 0.308 e. The van der Waals surface area contributed by atoms with Crippen LogP contribution in [0.4, 0.5) is 8.78 Å². The summed E-state index contributed by atoms with van der Waals surface area (Å²) in [5.41, 5.74) is 2.41. The first kappa shape index (κ1) is 27.3. The average Bonchev–Trinajstić information content (AvgIpc) is 2.83. The van der Waals surface area contributed by atoms with Gasteiger partial charge in [-0.25, -0.2) is 18.4 Å². The molecule has 0 fully saturated rings. The molecule has 0 aliphatic heterocycles. The fraction of sp³-hybridized carbons (Fsp3) is 0.267. The van der Waals surface area contributed by atoms with Crippen molar-refractivity contribution in [3.05, 3.63) is 98.7 Å². The lowest BCUT2D eigenvalue weighted by atomic mass is 9.86. The number of pyridine rings is 1. The second-order valence-electron chi connectivity index (χ2n) is 10.7. The molecule has 0 unspecified atom stereocenters. The summed E-state index contributed by atoms with van der Waals surface area (Å²) in [7, 11) is 0. The van der Waals surface area contributed by atoms with Gasteiger partial charge in [-0.3, -0.25) is 4.79 Å². The van der Waals surface area contributed by atoms with Crippen LogP contribution < -0.4 is 5.56 Å². The molecular formula is C30H29ClF2N4O. The third-order valence-electron chi connectivity index (χ3n) is 6.24. The van der Waals surface area contributed by atoms with Crippen LogP contribution in [-0.4, -0.2) is 21.0 Å². The third kappa shape index (κ3) is 5.73. The van der Waals surface area contributed by atoms with Crippen molar-refractivity contribution in [2.45, 2.75) is 46.6 Å². The van der Waals surface area contributed by atoms with Crippen molar-refractivity contribution in [3.8, 4) is 11.1 Å². The Kier molecular flexibility index (Phi) is 7.61. The van der Waals surface area contributed by atoms with Crippen molar-refractivity contribution in [2.24, 2.45) is 5.92 Å². The molecule has 4 rings (SSSR count). The quantitative estimate of drug-likeness (QED) is 0.206. The van der Waals surface area contributed by atoms with Gasteiger partial charge in [0.1, 0.15) is 16.8 Å². The van der Waals surface area contributed by atoms with Crippen LogP contribution in [0.1, 0.15) is 51.4 Å². The Morgan fingerprint density at radius 2 is 1.82 bits per heavy atom. The van der Waals surface area contributed by atoms with Crippen molar-refractivity contribution in [3.63, 3.8) is 0 Å². The van der Waals surface area contributed by atoms with Gasteiger partial charge in [-0.1, -0.05) is 64.4 Å². The van der Waals surface area contributed by atoms with Gasteiger partial charge in [-0.15, -0.1) is 0 Å². The number of nitrogens with one attached hydrogen (secondary N) is 1. The molecule has 196 valence electrons. The summed E-state index contributed by atoms with van der Waals surface area (Å²) < 4.78 is 31.2.